The highest BCUT2D eigenvalue weighted by Crippen LogP contribution is 2.26. The minimum atomic E-state index is -1.16. The topological polar surface area (TPSA) is 34.1 Å². The van der Waals surface area contributed by atoms with E-state index in [4.69, 9.17) is 0 Å². The highest BCUT2D eigenvalue weighted by molar-refractivity contribution is 7.86. The average molecular weight is 236 g/mol. The third-order valence-electron chi connectivity index (χ3n) is 3.07. The van der Waals surface area contributed by atoms with Gasteiger partial charge in [0, 0.05) is 11.3 Å². The number of aryl methyl sites for hydroxylation is 2. The zero-order valence-corrected chi connectivity index (χ0v) is 10.5. The molecule has 3 heteroatoms. The van der Waals surface area contributed by atoms with Crippen molar-refractivity contribution >= 4 is 16.6 Å². The molecule has 2 nitrogen and oxygen atoms in total. The summed E-state index contributed by atoms with van der Waals surface area (Å²) in [5, 5.41) is -0.263. The molecule has 1 aliphatic rings. The van der Waals surface area contributed by atoms with E-state index in [9.17, 15) is 9.00 Å². The number of ketones is 1. The predicted octanol–water partition coefficient (Wildman–Crippen LogP) is 2.53. The van der Waals surface area contributed by atoms with Crippen molar-refractivity contribution in [3.8, 4) is 0 Å². The fourth-order valence-electron chi connectivity index (χ4n) is 2.09. The van der Waals surface area contributed by atoms with Gasteiger partial charge in [-0.05, 0) is 43.9 Å². The van der Waals surface area contributed by atoms with Crippen LogP contribution in [-0.2, 0) is 15.6 Å². The Morgan fingerprint density at radius 3 is 2.69 bits per heavy atom. The van der Waals surface area contributed by atoms with Crippen LogP contribution < -0.4 is 0 Å². The van der Waals surface area contributed by atoms with Crippen LogP contribution in [0.3, 0.4) is 0 Å². The zero-order valence-electron chi connectivity index (χ0n) is 9.66. The summed E-state index contributed by atoms with van der Waals surface area (Å²) in [6.45, 7) is 3.93. The van der Waals surface area contributed by atoms with Crippen molar-refractivity contribution in [3.05, 3.63) is 29.3 Å². The third-order valence-corrected chi connectivity index (χ3v) is 4.96. The molecule has 2 rings (SSSR count). The van der Waals surface area contributed by atoms with Crippen LogP contribution >= 0.6 is 0 Å². The first-order valence-electron chi connectivity index (χ1n) is 5.60. The van der Waals surface area contributed by atoms with E-state index in [1.54, 1.807) is 0 Å². The molecule has 1 aromatic carbocycles. The highest BCUT2D eigenvalue weighted by Gasteiger charge is 2.31. The number of hydrogen-bond donors (Lipinski definition) is 0. The predicted molar refractivity (Wildman–Crippen MR) is 65.0 cm³/mol. The van der Waals surface area contributed by atoms with Crippen molar-refractivity contribution in [1.82, 2.24) is 0 Å². The van der Waals surface area contributed by atoms with E-state index in [0.717, 1.165) is 28.9 Å². The first-order chi connectivity index (χ1) is 7.59. The van der Waals surface area contributed by atoms with E-state index < -0.39 is 10.8 Å². The fourth-order valence-corrected chi connectivity index (χ4v) is 3.82. The molecule has 1 aliphatic carbocycles. The Balaban J connectivity index is 2.33. The summed E-state index contributed by atoms with van der Waals surface area (Å²) in [6.07, 6.45) is 2.26. The molecular weight excluding hydrogens is 220 g/mol. The van der Waals surface area contributed by atoms with Crippen molar-refractivity contribution in [3.63, 3.8) is 0 Å². The van der Waals surface area contributed by atoms with Gasteiger partial charge in [0.15, 0.2) is 0 Å². The average Bonchev–Trinajstić information content (AvgIpc) is 2.67. The molecular formula is C13H16O2S. The molecule has 0 saturated heterocycles. The lowest BCUT2D eigenvalue weighted by atomic mass is 10.2. The number of benzene rings is 1. The maximum atomic E-state index is 12.3. The van der Waals surface area contributed by atoms with Crippen molar-refractivity contribution in [2.24, 2.45) is 0 Å². The smallest absolute Gasteiger partial charge is 0.148 e. The summed E-state index contributed by atoms with van der Waals surface area (Å²) >= 11 is 0. The molecule has 0 heterocycles. The highest BCUT2D eigenvalue weighted by atomic mass is 32.2. The number of carbonyl (C=O) groups is 1. The van der Waals surface area contributed by atoms with Gasteiger partial charge < -0.3 is 0 Å². The summed E-state index contributed by atoms with van der Waals surface area (Å²) in [5.41, 5.74) is 2.11. The lowest BCUT2D eigenvalue weighted by molar-refractivity contribution is -0.117. The second-order valence-electron chi connectivity index (χ2n) is 4.41. The largest absolute Gasteiger partial charge is 0.298 e. The number of carbonyl (C=O) groups excluding carboxylic acids is 1. The number of Topliss-reactive ketones (excluding diaryl/α,β-unsaturated/α-hetero) is 1. The van der Waals surface area contributed by atoms with Gasteiger partial charge in [-0.25, -0.2) is 0 Å². The molecule has 0 spiro atoms. The summed E-state index contributed by atoms with van der Waals surface area (Å²) < 4.78 is 12.3. The lowest BCUT2D eigenvalue weighted by Gasteiger charge is -2.11. The standard InChI is InChI=1S/C13H16O2S/c1-9-6-7-10(2)13(8-9)16(15)12-5-3-4-11(12)14/h6-8,12H,3-5H2,1-2H3. The minimum absolute atomic E-state index is 0.166. The van der Waals surface area contributed by atoms with Gasteiger partial charge in [0.2, 0.25) is 0 Å². The van der Waals surface area contributed by atoms with Gasteiger partial charge in [-0.2, -0.15) is 0 Å². The second kappa shape index (κ2) is 4.50. The van der Waals surface area contributed by atoms with Crippen LogP contribution in [0.5, 0.6) is 0 Å². The molecule has 0 N–H and O–H groups in total. The molecule has 1 fully saturated rings. The van der Waals surface area contributed by atoms with Gasteiger partial charge in [-0.1, -0.05) is 12.1 Å². The molecule has 0 aromatic heterocycles. The molecule has 2 unspecified atom stereocenters. The van der Waals surface area contributed by atoms with Crippen molar-refractivity contribution in [1.29, 1.82) is 0 Å². The molecule has 0 radical (unpaired) electrons. The summed E-state index contributed by atoms with van der Waals surface area (Å²) in [5.74, 6) is 0.166. The van der Waals surface area contributed by atoms with Gasteiger partial charge in [0.1, 0.15) is 5.78 Å². The van der Waals surface area contributed by atoms with Crippen LogP contribution in [0.25, 0.3) is 0 Å². The fraction of sp³-hybridized carbons (Fsp3) is 0.462. The maximum Gasteiger partial charge on any atom is 0.148 e. The van der Waals surface area contributed by atoms with E-state index in [2.05, 4.69) is 0 Å². The maximum absolute atomic E-state index is 12.3. The summed E-state index contributed by atoms with van der Waals surface area (Å²) in [7, 11) is -1.16. The Morgan fingerprint density at radius 1 is 1.31 bits per heavy atom. The van der Waals surface area contributed by atoms with Crippen molar-refractivity contribution in [2.75, 3.05) is 0 Å². The van der Waals surface area contributed by atoms with E-state index in [1.807, 2.05) is 32.0 Å². The normalized spacial score (nSPS) is 22.4. The SMILES string of the molecule is Cc1ccc(C)c(S(=O)C2CCCC2=O)c1. The molecule has 0 amide bonds. The van der Waals surface area contributed by atoms with Gasteiger partial charge in [-0.3, -0.25) is 9.00 Å². The molecule has 86 valence electrons. The van der Waals surface area contributed by atoms with Crippen molar-refractivity contribution in [2.45, 2.75) is 43.3 Å². The van der Waals surface area contributed by atoms with Crippen LogP contribution in [0, 0.1) is 13.8 Å². The Bertz CT molecular complexity index is 451. The first-order valence-corrected chi connectivity index (χ1v) is 6.81. The molecule has 16 heavy (non-hydrogen) atoms. The molecule has 1 saturated carbocycles. The van der Waals surface area contributed by atoms with Crippen LogP contribution in [0.15, 0.2) is 23.1 Å². The van der Waals surface area contributed by atoms with E-state index in [1.165, 1.54) is 0 Å². The summed E-state index contributed by atoms with van der Waals surface area (Å²) in [4.78, 5) is 12.4. The molecule has 0 aliphatic heterocycles. The van der Waals surface area contributed by atoms with Gasteiger partial charge in [0.05, 0.1) is 16.0 Å². The van der Waals surface area contributed by atoms with Crippen LogP contribution in [0.4, 0.5) is 0 Å². The Kier molecular flexibility index (Phi) is 3.24. The lowest BCUT2D eigenvalue weighted by Crippen LogP contribution is -2.20. The quantitative estimate of drug-likeness (QED) is 0.790. The van der Waals surface area contributed by atoms with Gasteiger partial charge >= 0.3 is 0 Å². The zero-order chi connectivity index (χ0) is 11.7. The number of rotatable bonds is 2. The number of hydrogen-bond acceptors (Lipinski definition) is 2. The van der Waals surface area contributed by atoms with Gasteiger partial charge in [-0.15, -0.1) is 0 Å². The minimum Gasteiger partial charge on any atom is -0.298 e. The Hall–Kier alpha value is -0.960. The third kappa shape index (κ3) is 2.09. The van der Waals surface area contributed by atoms with Crippen LogP contribution in [0.1, 0.15) is 30.4 Å². The van der Waals surface area contributed by atoms with E-state index >= 15 is 0 Å². The molecule has 1 aromatic rings. The van der Waals surface area contributed by atoms with E-state index in [-0.39, 0.29) is 11.0 Å². The van der Waals surface area contributed by atoms with Gasteiger partial charge in [0.25, 0.3) is 0 Å². The molecule has 0 bridgehead atoms. The Morgan fingerprint density at radius 2 is 2.06 bits per heavy atom. The summed E-state index contributed by atoms with van der Waals surface area (Å²) in [6, 6.07) is 5.92. The van der Waals surface area contributed by atoms with E-state index in [0.29, 0.717) is 6.42 Å². The van der Waals surface area contributed by atoms with Crippen molar-refractivity contribution < 1.29 is 9.00 Å². The van der Waals surface area contributed by atoms with Crippen LogP contribution in [-0.4, -0.2) is 15.2 Å². The van der Waals surface area contributed by atoms with Crippen LogP contribution in [0.2, 0.25) is 0 Å². The Labute approximate surface area is 98.5 Å². The first kappa shape index (κ1) is 11.5. The monoisotopic (exact) mass is 236 g/mol. The molecule has 2 atom stereocenters. The second-order valence-corrected chi connectivity index (χ2v) is 6.02.